The fraction of sp³-hybridized carbons (Fsp3) is 0.733. The summed E-state index contributed by atoms with van der Waals surface area (Å²) in [6.45, 7) is 6.48. The maximum atomic E-state index is 5.89. The molecular formula is C15H26N4O. The number of hydrogen-bond donors (Lipinski definition) is 1. The summed E-state index contributed by atoms with van der Waals surface area (Å²) >= 11 is 0. The zero-order valence-electron chi connectivity index (χ0n) is 12.9. The number of nitrogens with two attached hydrogens (primary N) is 1. The van der Waals surface area contributed by atoms with E-state index < -0.39 is 0 Å². The van der Waals surface area contributed by atoms with E-state index in [1.807, 2.05) is 0 Å². The summed E-state index contributed by atoms with van der Waals surface area (Å²) in [6, 6.07) is 0. The van der Waals surface area contributed by atoms with Gasteiger partial charge in [0.15, 0.2) is 11.6 Å². The van der Waals surface area contributed by atoms with Crippen molar-refractivity contribution in [3.63, 3.8) is 0 Å². The standard InChI is InChI=1S/C15H26N4O/c1-4-6-7-12-13(20-3)14(18-15(16)17-12)19-9-8-11(5-2)10-19/h11H,4-10H2,1-3H3,(H2,16,17,18)/t11-/m0/s1. The minimum Gasteiger partial charge on any atom is -0.491 e. The molecule has 2 heterocycles. The van der Waals surface area contributed by atoms with Gasteiger partial charge in [0.05, 0.1) is 12.8 Å². The highest BCUT2D eigenvalue weighted by molar-refractivity contribution is 5.57. The molecule has 1 fully saturated rings. The maximum absolute atomic E-state index is 5.89. The van der Waals surface area contributed by atoms with Crippen molar-refractivity contribution in [2.75, 3.05) is 30.8 Å². The molecule has 0 radical (unpaired) electrons. The Bertz CT molecular complexity index is 450. The number of anilines is 2. The quantitative estimate of drug-likeness (QED) is 0.866. The Morgan fingerprint density at radius 1 is 1.35 bits per heavy atom. The van der Waals surface area contributed by atoms with Crippen molar-refractivity contribution in [1.29, 1.82) is 0 Å². The third kappa shape index (κ3) is 3.14. The molecular weight excluding hydrogens is 252 g/mol. The number of nitrogen functional groups attached to an aromatic ring is 1. The summed E-state index contributed by atoms with van der Waals surface area (Å²) in [4.78, 5) is 11.1. The lowest BCUT2D eigenvalue weighted by atomic mass is 10.1. The van der Waals surface area contributed by atoms with Crippen molar-refractivity contribution >= 4 is 11.8 Å². The minimum absolute atomic E-state index is 0.354. The first kappa shape index (κ1) is 14.9. The Morgan fingerprint density at radius 3 is 2.75 bits per heavy atom. The van der Waals surface area contributed by atoms with Crippen LogP contribution in [0.25, 0.3) is 0 Å². The second kappa shape index (κ2) is 6.77. The third-order valence-electron chi connectivity index (χ3n) is 4.07. The molecule has 1 aromatic heterocycles. The van der Waals surface area contributed by atoms with Crippen LogP contribution in [0.3, 0.4) is 0 Å². The Kier molecular flexibility index (Phi) is 5.04. The van der Waals surface area contributed by atoms with E-state index in [-0.39, 0.29) is 0 Å². The van der Waals surface area contributed by atoms with Crippen molar-refractivity contribution in [1.82, 2.24) is 9.97 Å². The van der Waals surface area contributed by atoms with E-state index in [9.17, 15) is 0 Å². The van der Waals surface area contributed by atoms with Crippen molar-refractivity contribution in [2.45, 2.75) is 46.0 Å². The van der Waals surface area contributed by atoms with Gasteiger partial charge in [-0.2, -0.15) is 4.98 Å². The number of unbranched alkanes of at least 4 members (excludes halogenated alkanes) is 1. The van der Waals surface area contributed by atoms with E-state index in [2.05, 4.69) is 28.7 Å². The average Bonchev–Trinajstić information content (AvgIpc) is 2.93. The molecule has 1 atom stereocenters. The average molecular weight is 278 g/mol. The number of aromatic nitrogens is 2. The number of ether oxygens (including phenoxy) is 1. The van der Waals surface area contributed by atoms with Crippen LogP contribution in [0, 0.1) is 5.92 Å². The van der Waals surface area contributed by atoms with E-state index in [4.69, 9.17) is 10.5 Å². The Balaban J connectivity index is 2.29. The summed E-state index contributed by atoms with van der Waals surface area (Å²) in [5.74, 6) is 2.79. The highest BCUT2D eigenvalue weighted by Crippen LogP contribution is 2.34. The van der Waals surface area contributed by atoms with Gasteiger partial charge in [-0.1, -0.05) is 26.7 Å². The molecule has 112 valence electrons. The largest absolute Gasteiger partial charge is 0.491 e. The highest BCUT2D eigenvalue weighted by Gasteiger charge is 2.26. The Morgan fingerprint density at radius 2 is 2.15 bits per heavy atom. The van der Waals surface area contributed by atoms with Gasteiger partial charge in [0, 0.05) is 13.1 Å². The second-order valence-electron chi connectivity index (χ2n) is 5.50. The van der Waals surface area contributed by atoms with Crippen LogP contribution in [0.4, 0.5) is 11.8 Å². The zero-order chi connectivity index (χ0) is 14.5. The number of rotatable bonds is 6. The Labute approximate surface area is 121 Å². The molecule has 5 heteroatoms. The molecule has 0 aromatic carbocycles. The Hall–Kier alpha value is -1.52. The molecule has 5 nitrogen and oxygen atoms in total. The predicted octanol–water partition coefficient (Wildman–Crippen LogP) is 2.65. The number of nitrogens with zero attached hydrogens (tertiary/aromatic N) is 3. The molecule has 2 rings (SSSR count). The molecule has 0 bridgehead atoms. The van der Waals surface area contributed by atoms with Crippen molar-refractivity contribution in [2.24, 2.45) is 5.92 Å². The molecule has 20 heavy (non-hydrogen) atoms. The van der Waals surface area contributed by atoms with Crippen LogP contribution in [-0.4, -0.2) is 30.2 Å². The van der Waals surface area contributed by atoms with E-state index in [1.165, 1.54) is 12.8 Å². The number of aryl methyl sites for hydroxylation is 1. The van der Waals surface area contributed by atoms with Gasteiger partial charge in [-0.05, 0) is 25.2 Å². The summed E-state index contributed by atoms with van der Waals surface area (Å²) in [5, 5.41) is 0. The third-order valence-corrected chi connectivity index (χ3v) is 4.07. The SMILES string of the molecule is CCCCc1nc(N)nc(N2CC[C@H](CC)C2)c1OC. The van der Waals surface area contributed by atoms with Crippen LogP contribution in [0.15, 0.2) is 0 Å². The molecule has 0 aliphatic carbocycles. The van der Waals surface area contributed by atoms with Gasteiger partial charge in [0.2, 0.25) is 5.95 Å². The number of methoxy groups -OCH3 is 1. The summed E-state index contributed by atoms with van der Waals surface area (Å²) < 4.78 is 5.59. The van der Waals surface area contributed by atoms with Crippen molar-refractivity contribution in [3.05, 3.63) is 5.69 Å². The lowest BCUT2D eigenvalue weighted by molar-refractivity contribution is 0.404. The lowest BCUT2D eigenvalue weighted by Gasteiger charge is -2.21. The summed E-state index contributed by atoms with van der Waals surface area (Å²) in [5.41, 5.74) is 6.83. The molecule has 2 N–H and O–H groups in total. The van der Waals surface area contributed by atoms with Crippen LogP contribution < -0.4 is 15.4 Å². The van der Waals surface area contributed by atoms with Gasteiger partial charge in [-0.15, -0.1) is 0 Å². The maximum Gasteiger partial charge on any atom is 0.222 e. The molecule has 1 aliphatic rings. The molecule has 0 spiro atoms. The fourth-order valence-electron chi connectivity index (χ4n) is 2.80. The summed E-state index contributed by atoms with van der Waals surface area (Å²) in [6.07, 6.45) is 5.54. The van der Waals surface area contributed by atoms with Gasteiger partial charge < -0.3 is 15.4 Å². The van der Waals surface area contributed by atoms with Crippen molar-refractivity contribution < 1.29 is 4.74 Å². The van der Waals surface area contributed by atoms with Gasteiger partial charge in [0.1, 0.15) is 0 Å². The first-order valence-corrected chi connectivity index (χ1v) is 7.64. The first-order chi connectivity index (χ1) is 9.69. The fourth-order valence-corrected chi connectivity index (χ4v) is 2.80. The highest BCUT2D eigenvalue weighted by atomic mass is 16.5. The molecule has 0 unspecified atom stereocenters. The number of hydrogen-bond acceptors (Lipinski definition) is 5. The van der Waals surface area contributed by atoms with E-state index in [0.717, 1.165) is 55.5 Å². The predicted molar refractivity (Wildman–Crippen MR) is 82.2 cm³/mol. The van der Waals surface area contributed by atoms with Gasteiger partial charge >= 0.3 is 0 Å². The van der Waals surface area contributed by atoms with Gasteiger partial charge in [0.25, 0.3) is 0 Å². The smallest absolute Gasteiger partial charge is 0.222 e. The van der Waals surface area contributed by atoms with Crippen LogP contribution in [0.2, 0.25) is 0 Å². The first-order valence-electron chi connectivity index (χ1n) is 7.64. The van der Waals surface area contributed by atoms with E-state index >= 15 is 0 Å². The van der Waals surface area contributed by atoms with Gasteiger partial charge in [-0.3, -0.25) is 0 Å². The van der Waals surface area contributed by atoms with Gasteiger partial charge in [-0.25, -0.2) is 4.98 Å². The summed E-state index contributed by atoms with van der Waals surface area (Å²) in [7, 11) is 1.70. The minimum atomic E-state index is 0.354. The monoisotopic (exact) mass is 278 g/mol. The van der Waals surface area contributed by atoms with Crippen LogP contribution in [0.1, 0.15) is 45.2 Å². The van der Waals surface area contributed by atoms with Crippen LogP contribution >= 0.6 is 0 Å². The molecule has 1 aliphatic heterocycles. The van der Waals surface area contributed by atoms with Crippen LogP contribution in [0.5, 0.6) is 5.75 Å². The zero-order valence-corrected chi connectivity index (χ0v) is 12.9. The molecule has 0 saturated carbocycles. The van der Waals surface area contributed by atoms with E-state index in [1.54, 1.807) is 7.11 Å². The lowest BCUT2D eigenvalue weighted by Crippen LogP contribution is -2.23. The van der Waals surface area contributed by atoms with Crippen molar-refractivity contribution in [3.8, 4) is 5.75 Å². The topological polar surface area (TPSA) is 64.3 Å². The molecule has 1 saturated heterocycles. The second-order valence-corrected chi connectivity index (χ2v) is 5.50. The van der Waals surface area contributed by atoms with Crippen LogP contribution in [-0.2, 0) is 6.42 Å². The van der Waals surface area contributed by atoms with E-state index in [0.29, 0.717) is 5.95 Å². The normalized spacial score (nSPS) is 18.6. The molecule has 1 aromatic rings. The molecule has 0 amide bonds.